The van der Waals surface area contributed by atoms with E-state index in [0.29, 0.717) is 17.9 Å². The quantitative estimate of drug-likeness (QED) is 0.791. The van der Waals surface area contributed by atoms with E-state index < -0.39 is 0 Å². The summed E-state index contributed by atoms with van der Waals surface area (Å²) < 4.78 is 0. The van der Waals surface area contributed by atoms with Gasteiger partial charge in [-0.2, -0.15) is 0 Å². The lowest BCUT2D eigenvalue weighted by Gasteiger charge is -2.39. The van der Waals surface area contributed by atoms with Gasteiger partial charge in [0, 0.05) is 25.6 Å². The summed E-state index contributed by atoms with van der Waals surface area (Å²) in [4.78, 5) is 0. The van der Waals surface area contributed by atoms with Crippen molar-refractivity contribution in [1.29, 1.82) is 0 Å². The highest BCUT2D eigenvalue weighted by molar-refractivity contribution is 5.20. The molecule has 3 N–H and O–H groups in total. The van der Waals surface area contributed by atoms with Crippen LogP contribution in [-0.4, -0.2) is 19.6 Å². The smallest absolute Gasteiger partial charge is 0.00863 e. The zero-order chi connectivity index (χ0) is 12.1. The van der Waals surface area contributed by atoms with E-state index in [0.717, 1.165) is 13.1 Å². The minimum Gasteiger partial charge on any atom is -0.330 e. The molecule has 94 valence electrons. The molecule has 1 fully saturated rings. The number of nitrogens with one attached hydrogen (secondary N) is 1. The Bertz CT molecular complexity index is 330. The molecule has 0 aliphatic heterocycles. The number of nitrogens with two attached hydrogens (primary N) is 1. The first kappa shape index (κ1) is 12.6. The molecule has 2 nitrogen and oxygen atoms in total. The molecule has 1 atom stereocenters. The standard InChI is InChI=1S/C15H24N2/c1-15(8-5-9-15)12-17-11-14(10-16)13-6-3-2-4-7-13/h2-4,6-7,14,17H,5,8-12,16H2,1H3. The molecule has 1 aromatic carbocycles. The maximum atomic E-state index is 5.86. The van der Waals surface area contributed by atoms with Crippen molar-refractivity contribution in [2.75, 3.05) is 19.6 Å². The van der Waals surface area contributed by atoms with E-state index in [1.165, 1.54) is 24.8 Å². The Kier molecular flexibility index (Phi) is 4.19. The Morgan fingerprint density at radius 2 is 2.00 bits per heavy atom. The molecule has 1 aromatic rings. The molecular formula is C15H24N2. The van der Waals surface area contributed by atoms with Crippen molar-refractivity contribution in [3.05, 3.63) is 35.9 Å². The van der Waals surface area contributed by atoms with Gasteiger partial charge in [-0.3, -0.25) is 0 Å². The molecule has 0 spiro atoms. The highest BCUT2D eigenvalue weighted by Crippen LogP contribution is 2.39. The summed E-state index contributed by atoms with van der Waals surface area (Å²) in [5, 5.41) is 3.60. The lowest BCUT2D eigenvalue weighted by atomic mass is 9.70. The highest BCUT2D eigenvalue weighted by Gasteiger charge is 2.31. The maximum absolute atomic E-state index is 5.86. The van der Waals surface area contributed by atoms with Crippen molar-refractivity contribution in [3.8, 4) is 0 Å². The van der Waals surface area contributed by atoms with Crippen LogP contribution in [0.2, 0.25) is 0 Å². The van der Waals surface area contributed by atoms with Gasteiger partial charge in [0.2, 0.25) is 0 Å². The molecule has 2 rings (SSSR count). The summed E-state index contributed by atoms with van der Waals surface area (Å²) in [6.45, 7) is 5.23. The fraction of sp³-hybridized carbons (Fsp3) is 0.600. The van der Waals surface area contributed by atoms with Gasteiger partial charge in [0.1, 0.15) is 0 Å². The molecular weight excluding hydrogens is 208 g/mol. The minimum atomic E-state index is 0.444. The van der Waals surface area contributed by atoms with Gasteiger partial charge in [0.25, 0.3) is 0 Å². The Balaban J connectivity index is 1.80. The third-order valence-corrected chi connectivity index (χ3v) is 4.06. The summed E-state index contributed by atoms with van der Waals surface area (Å²) in [5.41, 5.74) is 7.76. The van der Waals surface area contributed by atoms with E-state index in [2.05, 4.69) is 42.6 Å². The summed E-state index contributed by atoms with van der Waals surface area (Å²) in [5.74, 6) is 0.444. The van der Waals surface area contributed by atoms with Gasteiger partial charge >= 0.3 is 0 Å². The molecule has 0 heterocycles. The van der Waals surface area contributed by atoms with Crippen LogP contribution in [0.5, 0.6) is 0 Å². The van der Waals surface area contributed by atoms with Crippen molar-refractivity contribution < 1.29 is 0 Å². The minimum absolute atomic E-state index is 0.444. The molecule has 0 saturated heterocycles. The highest BCUT2D eigenvalue weighted by atomic mass is 14.9. The topological polar surface area (TPSA) is 38.0 Å². The van der Waals surface area contributed by atoms with Gasteiger partial charge in [0.05, 0.1) is 0 Å². The van der Waals surface area contributed by atoms with Gasteiger partial charge in [-0.1, -0.05) is 43.7 Å². The Morgan fingerprint density at radius 3 is 2.53 bits per heavy atom. The average Bonchev–Trinajstić information content (AvgIpc) is 2.33. The average molecular weight is 232 g/mol. The van der Waals surface area contributed by atoms with Crippen LogP contribution in [0.1, 0.15) is 37.7 Å². The number of hydrogen-bond donors (Lipinski definition) is 2. The largest absolute Gasteiger partial charge is 0.330 e. The fourth-order valence-electron chi connectivity index (χ4n) is 2.57. The molecule has 1 unspecified atom stereocenters. The molecule has 1 saturated carbocycles. The van der Waals surface area contributed by atoms with E-state index in [4.69, 9.17) is 5.73 Å². The normalized spacial score (nSPS) is 19.6. The first-order valence-corrected chi connectivity index (χ1v) is 6.69. The zero-order valence-corrected chi connectivity index (χ0v) is 10.8. The van der Waals surface area contributed by atoms with Gasteiger partial charge < -0.3 is 11.1 Å². The van der Waals surface area contributed by atoms with Gasteiger partial charge in [0.15, 0.2) is 0 Å². The lowest BCUT2D eigenvalue weighted by molar-refractivity contribution is 0.156. The van der Waals surface area contributed by atoms with E-state index in [-0.39, 0.29) is 0 Å². The van der Waals surface area contributed by atoms with Gasteiger partial charge in [-0.05, 0) is 23.8 Å². The van der Waals surface area contributed by atoms with Crippen molar-refractivity contribution >= 4 is 0 Å². The number of hydrogen-bond acceptors (Lipinski definition) is 2. The molecule has 1 aliphatic rings. The summed E-state index contributed by atoms with van der Waals surface area (Å²) in [7, 11) is 0. The third kappa shape index (κ3) is 3.30. The van der Waals surface area contributed by atoms with E-state index in [1.54, 1.807) is 0 Å². The van der Waals surface area contributed by atoms with Crippen molar-refractivity contribution in [2.45, 2.75) is 32.1 Å². The van der Waals surface area contributed by atoms with Crippen LogP contribution in [0, 0.1) is 5.41 Å². The van der Waals surface area contributed by atoms with Crippen molar-refractivity contribution in [1.82, 2.24) is 5.32 Å². The Hall–Kier alpha value is -0.860. The predicted molar refractivity (Wildman–Crippen MR) is 73.1 cm³/mol. The van der Waals surface area contributed by atoms with E-state index >= 15 is 0 Å². The van der Waals surface area contributed by atoms with Crippen LogP contribution >= 0.6 is 0 Å². The second-order valence-electron chi connectivity index (χ2n) is 5.64. The third-order valence-electron chi connectivity index (χ3n) is 4.06. The van der Waals surface area contributed by atoms with E-state index in [1.807, 2.05) is 0 Å². The van der Waals surface area contributed by atoms with Crippen LogP contribution in [0.15, 0.2) is 30.3 Å². The fourth-order valence-corrected chi connectivity index (χ4v) is 2.57. The predicted octanol–water partition coefficient (Wildman–Crippen LogP) is 2.51. The number of benzene rings is 1. The second kappa shape index (κ2) is 5.65. The van der Waals surface area contributed by atoms with Crippen molar-refractivity contribution in [2.24, 2.45) is 11.1 Å². The maximum Gasteiger partial charge on any atom is 0.00863 e. The van der Waals surface area contributed by atoms with Crippen LogP contribution in [0.3, 0.4) is 0 Å². The molecule has 0 aromatic heterocycles. The monoisotopic (exact) mass is 232 g/mol. The Labute approximate surface area is 105 Å². The summed E-state index contributed by atoms with van der Waals surface area (Å²) in [6.07, 6.45) is 4.15. The first-order chi connectivity index (χ1) is 8.23. The van der Waals surface area contributed by atoms with Gasteiger partial charge in [-0.15, -0.1) is 0 Å². The first-order valence-electron chi connectivity index (χ1n) is 6.69. The summed E-state index contributed by atoms with van der Waals surface area (Å²) >= 11 is 0. The molecule has 0 radical (unpaired) electrons. The van der Waals surface area contributed by atoms with Gasteiger partial charge in [-0.25, -0.2) is 0 Å². The second-order valence-corrected chi connectivity index (χ2v) is 5.64. The molecule has 17 heavy (non-hydrogen) atoms. The van der Waals surface area contributed by atoms with Crippen molar-refractivity contribution in [3.63, 3.8) is 0 Å². The van der Waals surface area contributed by atoms with Crippen LogP contribution < -0.4 is 11.1 Å². The number of rotatable bonds is 6. The van der Waals surface area contributed by atoms with Crippen LogP contribution in [-0.2, 0) is 0 Å². The molecule has 2 heteroatoms. The Morgan fingerprint density at radius 1 is 1.29 bits per heavy atom. The zero-order valence-electron chi connectivity index (χ0n) is 10.8. The molecule has 1 aliphatic carbocycles. The van der Waals surface area contributed by atoms with Crippen LogP contribution in [0.4, 0.5) is 0 Å². The lowest BCUT2D eigenvalue weighted by Crippen LogP contribution is -2.39. The molecule has 0 amide bonds. The summed E-state index contributed by atoms with van der Waals surface area (Å²) in [6, 6.07) is 10.6. The molecule has 0 bridgehead atoms. The van der Waals surface area contributed by atoms with Crippen LogP contribution in [0.25, 0.3) is 0 Å². The SMILES string of the molecule is CC1(CNCC(CN)c2ccccc2)CCC1. The van der Waals surface area contributed by atoms with E-state index in [9.17, 15) is 0 Å².